The van der Waals surface area contributed by atoms with Crippen molar-refractivity contribution in [1.29, 1.82) is 5.41 Å². The highest BCUT2D eigenvalue weighted by atomic mass is 79.9. The first-order valence-electron chi connectivity index (χ1n) is 12.9. The zero-order valence-electron chi connectivity index (χ0n) is 24.1. The number of carboxylic acids is 1. The number of carbonyl (C=O) groups excluding carboxylic acids is 2. The lowest BCUT2D eigenvalue weighted by molar-refractivity contribution is -0.137. The molecular formula is C29H37BrFN3O7. The van der Waals surface area contributed by atoms with E-state index < -0.39 is 17.2 Å². The van der Waals surface area contributed by atoms with E-state index in [1.165, 1.54) is 32.1 Å². The molecule has 2 aromatic rings. The summed E-state index contributed by atoms with van der Waals surface area (Å²) in [6.07, 6.45) is 0.967. The summed E-state index contributed by atoms with van der Waals surface area (Å²) in [6, 6.07) is 4.84. The summed E-state index contributed by atoms with van der Waals surface area (Å²) in [6.45, 7) is 7.36. The average Bonchev–Trinajstić information content (AvgIpc) is 3.17. The topological polar surface area (TPSA) is 138 Å². The SMILES string of the molecule is Br.COc1cc2c(c(F)c1OC)C(=N)N(CC(=O)c1cc(NC(C)=O)c(OCCCCC(=O)O)c(C(C)(C)C)c1)C2. The van der Waals surface area contributed by atoms with Crippen molar-refractivity contribution < 1.29 is 38.1 Å². The lowest BCUT2D eigenvalue weighted by Gasteiger charge is -2.26. The molecule has 0 unspecified atom stereocenters. The van der Waals surface area contributed by atoms with Gasteiger partial charge in [0.15, 0.2) is 23.1 Å². The molecule has 41 heavy (non-hydrogen) atoms. The minimum atomic E-state index is -0.882. The van der Waals surface area contributed by atoms with Gasteiger partial charge in [-0.3, -0.25) is 19.8 Å². The molecule has 1 amide bonds. The van der Waals surface area contributed by atoms with Crippen LogP contribution in [0.4, 0.5) is 10.1 Å². The second-order valence-corrected chi connectivity index (χ2v) is 10.6. The Balaban J connectivity index is 0.00000588. The number of amides is 1. The van der Waals surface area contributed by atoms with Gasteiger partial charge in [0, 0.05) is 31.0 Å². The van der Waals surface area contributed by atoms with Crippen molar-refractivity contribution in [3.63, 3.8) is 0 Å². The normalized spacial score (nSPS) is 12.4. The van der Waals surface area contributed by atoms with E-state index in [4.69, 9.17) is 24.7 Å². The van der Waals surface area contributed by atoms with Crippen molar-refractivity contribution in [2.24, 2.45) is 0 Å². The number of carboxylic acid groups (broad SMARTS) is 1. The number of aliphatic carboxylic acids is 1. The van der Waals surface area contributed by atoms with Gasteiger partial charge in [0.25, 0.3) is 0 Å². The number of ether oxygens (including phenoxy) is 3. The van der Waals surface area contributed by atoms with Crippen LogP contribution in [0.15, 0.2) is 18.2 Å². The number of anilines is 1. The van der Waals surface area contributed by atoms with E-state index >= 15 is 4.39 Å². The van der Waals surface area contributed by atoms with Crippen LogP contribution in [-0.4, -0.2) is 60.9 Å². The van der Waals surface area contributed by atoms with Gasteiger partial charge in [0.2, 0.25) is 5.91 Å². The number of benzene rings is 2. The number of hydrogen-bond acceptors (Lipinski definition) is 7. The predicted octanol–water partition coefficient (Wildman–Crippen LogP) is 5.33. The summed E-state index contributed by atoms with van der Waals surface area (Å²) in [7, 11) is 2.71. The fraction of sp³-hybridized carbons (Fsp3) is 0.448. The van der Waals surface area contributed by atoms with Crippen LogP contribution >= 0.6 is 17.0 Å². The maximum absolute atomic E-state index is 15.2. The predicted molar refractivity (Wildman–Crippen MR) is 158 cm³/mol. The number of hydrogen-bond donors (Lipinski definition) is 3. The average molecular weight is 639 g/mol. The standard InChI is InChI=1S/C29H36FN3O7.BrH/c1-16(34)32-20-12-17(11-19(29(2,3)4)26(20)40-10-8-7-9-23(36)37)21(35)15-33-14-18-13-22(38-5)27(39-6)25(30)24(18)28(33)31;/h11-13,31H,7-10,14-15H2,1-6H3,(H,32,34)(H,36,37);1H. The van der Waals surface area contributed by atoms with E-state index in [0.717, 1.165) is 0 Å². The van der Waals surface area contributed by atoms with Gasteiger partial charge in [-0.25, -0.2) is 4.39 Å². The summed E-state index contributed by atoms with van der Waals surface area (Å²) in [5.41, 5.74) is 1.39. The molecule has 2 aromatic carbocycles. The second kappa shape index (κ2) is 13.8. The number of carbonyl (C=O) groups is 3. The van der Waals surface area contributed by atoms with Crippen molar-refractivity contribution in [2.75, 3.05) is 32.7 Å². The summed E-state index contributed by atoms with van der Waals surface area (Å²) < 4.78 is 31.5. The molecule has 10 nitrogen and oxygen atoms in total. The molecule has 0 radical (unpaired) electrons. The van der Waals surface area contributed by atoms with Crippen LogP contribution in [0, 0.1) is 11.2 Å². The molecule has 224 valence electrons. The van der Waals surface area contributed by atoms with Gasteiger partial charge < -0.3 is 29.5 Å². The van der Waals surface area contributed by atoms with E-state index in [0.29, 0.717) is 41.0 Å². The first kappa shape index (κ1) is 33.5. The number of ketones is 1. The Morgan fingerprint density at radius 1 is 1.10 bits per heavy atom. The number of halogens is 2. The first-order chi connectivity index (χ1) is 18.8. The summed E-state index contributed by atoms with van der Waals surface area (Å²) in [4.78, 5) is 37.8. The van der Waals surface area contributed by atoms with Crippen molar-refractivity contribution in [2.45, 2.75) is 58.9 Å². The molecule has 1 aliphatic heterocycles. The second-order valence-electron chi connectivity index (χ2n) is 10.6. The molecule has 3 N–H and O–H groups in total. The third-order valence-electron chi connectivity index (χ3n) is 6.50. The molecule has 0 aliphatic carbocycles. The van der Waals surface area contributed by atoms with Crippen molar-refractivity contribution >= 4 is 46.2 Å². The van der Waals surface area contributed by atoms with Gasteiger partial charge in [0.1, 0.15) is 11.6 Å². The Hall–Kier alpha value is -3.67. The molecule has 0 saturated heterocycles. The maximum atomic E-state index is 15.2. The Kier molecular flexibility index (Phi) is 11.3. The molecule has 0 spiro atoms. The Bertz CT molecular complexity index is 1340. The minimum Gasteiger partial charge on any atom is -0.493 e. The Morgan fingerprint density at radius 3 is 2.34 bits per heavy atom. The monoisotopic (exact) mass is 637 g/mol. The highest BCUT2D eigenvalue weighted by molar-refractivity contribution is 8.93. The largest absolute Gasteiger partial charge is 0.493 e. The number of fused-ring (bicyclic) bond motifs is 1. The van der Waals surface area contributed by atoms with E-state index in [1.807, 2.05) is 20.8 Å². The van der Waals surface area contributed by atoms with Gasteiger partial charge in [-0.15, -0.1) is 17.0 Å². The number of rotatable bonds is 12. The number of unbranched alkanes of at least 4 members (excludes halogenated alkanes) is 1. The smallest absolute Gasteiger partial charge is 0.303 e. The zero-order valence-corrected chi connectivity index (χ0v) is 25.8. The quantitative estimate of drug-likeness (QED) is 0.210. The molecule has 0 atom stereocenters. The third kappa shape index (κ3) is 7.75. The molecule has 0 aromatic heterocycles. The van der Waals surface area contributed by atoms with Crippen LogP contribution in [0.2, 0.25) is 0 Å². The Morgan fingerprint density at radius 2 is 1.78 bits per heavy atom. The Labute approximate surface area is 249 Å². The van der Waals surface area contributed by atoms with Crippen LogP contribution in [0.5, 0.6) is 17.2 Å². The molecule has 1 aliphatic rings. The number of Topliss-reactive ketones (excluding diaryl/α,β-unsaturated/α-hetero) is 1. The van der Waals surface area contributed by atoms with Gasteiger partial charge in [0.05, 0.1) is 38.6 Å². The van der Waals surface area contributed by atoms with E-state index in [1.54, 1.807) is 12.1 Å². The molecule has 12 heteroatoms. The first-order valence-corrected chi connectivity index (χ1v) is 12.9. The summed E-state index contributed by atoms with van der Waals surface area (Å²) >= 11 is 0. The molecule has 0 bridgehead atoms. The number of nitrogens with one attached hydrogen (secondary N) is 2. The van der Waals surface area contributed by atoms with E-state index in [-0.39, 0.29) is 77.7 Å². The fourth-order valence-electron chi connectivity index (χ4n) is 4.56. The van der Waals surface area contributed by atoms with Crippen LogP contribution in [-0.2, 0) is 21.5 Å². The van der Waals surface area contributed by atoms with Crippen molar-refractivity contribution in [3.05, 3.63) is 46.3 Å². The highest BCUT2D eigenvalue weighted by Gasteiger charge is 2.33. The van der Waals surface area contributed by atoms with Gasteiger partial charge >= 0.3 is 5.97 Å². The minimum absolute atomic E-state index is 0. The van der Waals surface area contributed by atoms with Crippen LogP contribution in [0.25, 0.3) is 0 Å². The number of amidine groups is 1. The lowest BCUT2D eigenvalue weighted by atomic mass is 9.84. The van der Waals surface area contributed by atoms with Crippen LogP contribution in [0.1, 0.15) is 74.0 Å². The number of nitrogens with zero attached hydrogens (tertiary/aromatic N) is 1. The fourth-order valence-corrected chi connectivity index (χ4v) is 4.56. The number of methoxy groups -OCH3 is 2. The molecule has 0 fully saturated rings. The lowest BCUT2D eigenvalue weighted by Crippen LogP contribution is -2.31. The molecule has 1 heterocycles. The van der Waals surface area contributed by atoms with Gasteiger partial charge in [-0.05, 0) is 42.0 Å². The van der Waals surface area contributed by atoms with Gasteiger partial charge in [-0.2, -0.15) is 0 Å². The summed E-state index contributed by atoms with van der Waals surface area (Å²) in [5, 5.41) is 20.2. The van der Waals surface area contributed by atoms with Crippen molar-refractivity contribution in [3.8, 4) is 17.2 Å². The molecular weight excluding hydrogens is 601 g/mol. The maximum Gasteiger partial charge on any atom is 0.303 e. The van der Waals surface area contributed by atoms with E-state index in [2.05, 4.69) is 5.32 Å². The van der Waals surface area contributed by atoms with E-state index in [9.17, 15) is 14.4 Å². The zero-order chi connectivity index (χ0) is 29.8. The van der Waals surface area contributed by atoms with Gasteiger partial charge in [-0.1, -0.05) is 20.8 Å². The third-order valence-corrected chi connectivity index (χ3v) is 6.50. The highest BCUT2D eigenvalue weighted by Crippen LogP contribution is 2.40. The van der Waals surface area contributed by atoms with Crippen LogP contribution < -0.4 is 19.5 Å². The van der Waals surface area contributed by atoms with Crippen molar-refractivity contribution in [1.82, 2.24) is 4.90 Å². The van der Waals surface area contributed by atoms with Crippen LogP contribution in [0.3, 0.4) is 0 Å². The molecule has 0 saturated carbocycles. The summed E-state index contributed by atoms with van der Waals surface area (Å²) in [5.74, 6) is -1.91. The molecule has 3 rings (SSSR count).